The molecule has 0 aromatic heterocycles. The van der Waals surface area contributed by atoms with Crippen LogP contribution < -0.4 is 5.32 Å². The Balaban J connectivity index is 1.78. The lowest BCUT2D eigenvalue weighted by Crippen LogP contribution is -2.42. The van der Waals surface area contributed by atoms with Gasteiger partial charge in [-0.1, -0.05) is 42.5 Å². The molecule has 1 atom stereocenters. The van der Waals surface area contributed by atoms with Gasteiger partial charge in [-0.25, -0.2) is 0 Å². The summed E-state index contributed by atoms with van der Waals surface area (Å²) in [6, 6.07) is 15.5. The van der Waals surface area contributed by atoms with Crippen LogP contribution in [0.4, 0.5) is 0 Å². The van der Waals surface area contributed by atoms with Crippen LogP contribution in [0.3, 0.4) is 0 Å². The molecule has 1 unspecified atom stereocenters. The van der Waals surface area contributed by atoms with E-state index in [-0.39, 0.29) is 11.2 Å². The van der Waals surface area contributed by atoms with Gasteiger partial charge < -0.3 is 10.1 Å². The topological polar surface area (TPSA) is 21.3 Å². The van der Waals surface area contributed by atoms with E-state index in [0.29, 0.717) is 6.04 Å². The van der Waals surface area contributed by atoms with Gasteiger partial charge in [-0.05, 0) is 50.5 Å². The largest absolute Gasteiger partial charge is 0.368 e. The number of fused-ring (bicyclic) bond motifs is 1. The second-order valence-corrected chi connectivity index (χ2v) is 7.24. The molecule has 1 saturated heterocycles. The van der Waals surface area contributed by atoms with E-state index in [4.69, 9.17) is 4.74 Å². The lowest BCUT2D eigenvalue weighted by Gasteiger charge is -2.28. The van der Waals surface area contributed by atoms with Gasteiger partial charge in [0.1, 0.15) is 0 Å². The minimum absolute atomic E-state index is 0.0417. The van der Waals surface area contributed by atoms with Crippen LogP contribution in [0.25, 0.3) is 10.8 Å². The van der Waals surface area contributed by atoms with Crippen LogP contribution >= 0.6 is 0 Å². The Morgan fingerprint density at radius 3 is 2.48 bits per heavy atom. The summed E-state index contributed by atoms with van der Waals surface area (Å²) in [5.41, 5.74) is 1.20. The molecule has 3 rings (SSSR count). The number of nitrogens with one attached hydrogen (secondary N) is 1. The molecule has 0 aliphatic carbocycles. The zero-order chi connectivity index (χ0) is 15.1. The zero-order valence-electron chi connectivity index (χ0n) is 13.4. The third kappa shape index (κ3) is 2.97. The van der Waals surface area contributed by atoms with Crippen molar-refractivity contribution in [3.8, 4) is 0 Å². The SMILES string of the molecule is CC1(C)CC(NCc2cccc3ccccc23)C(C)(C)O1. The van der Waals surface area contributed by atoms with Crippen molar-refractivity contribution >= 4 is 10.8 Å². The lowest BCUT2D eigenvalue weighted by atomic mass is 9.94. The highest BCUT2D eigenvalue weighted by Crippen LogP contribution is 2.37. The molecule has 1 N–H and O–H groups in total. The predicted molar refractivity (Wildman–Crippen MR) is 88.4 cm³/mol. The third-order valence-electron chi connectivity index (χ3n) is 4.49. The molecular formula is C19H25NO. The molecule has 1 aliphatic heterocycles. The Hall–Kier alpha value is -1.38. The Bertz CT molecular complexity index is 640. The van der Waals surface area contributed by atoms with Crippen LogP contribution in [0, 0.1) is 0 Å². The summed E-state index contributed by atoms with van der Waals surface area (Å²) in [4.78, 5) is 0. The number of rotatable bonds is 3. The minimum Gasteiger partial charge on any atom is -0.368 e. The molecule has 0 saturated carbocycles. The molecule has 0 amide bonds. The first kappa shape index (κ1) is 14.6. The fraction of sp³-hybridized carbons (Fsp3) is 0.474. The van der Waals surface area contributed by atoms with Gasteiger partial charge in [0.2, 0.25) is 0 Å². The summed E-state index contributed by atoms with van der Waals surface area (Å²) >= 11 is 0. The van der Waals surface area contributed by atoms with E-state index in [1.807, 2.05) is 0 Å². The minimum atomic E-state index is -0.117. The van der Waals surface area contributed by atoms with Gasteiger partial charge in [0.15, 0.2) is 0 Å². The van der Waals surface area contributed by atoms with Gasteiger partial charge in [-0.3, -0.25) is 0 Å². The van der Waals surface area contributed by atoms with E-state index >= 15 is 0 Å². The summed E-state index contributed by atoms with van der Waals surface area (Å²) in [5.74, 6) is 0. The van der Waals surface area contributed by atoms with E-state index < -0.39 is 0 Å². The van der Waals surface area contributed by atoms with Crippen molar-refractivity contribution in [2.24, 2.45) is 0 Å². The summed E-state index contributed by atoms with van der Waals surface area (Å²) in [6.07, 6.45) is 1.05. The van der Waals surface area contributed by atoms with Gasteiger partial charge in [0, 0.05) is 12.6 Å². The summed E-state index contributed by atoms with van der Waals surface area (Å²) < 4.78 is 6.16. The van der Waals surface area contributed by atoms with Crippen molar-refractivity contribution < 1.29 is 4.74 Å². The second-order valence-electron chi connectivity index (χ2n) is 7.24. The maximum absolute atomic E-state index is 6.16. The van der Waals surface area contributed by atoms with Crippen molar-refractivity contribution in [2.75, 3.05) is 0 Å². The molecule has 2 aromatic carbocycles. The second kappa shape index (κ2) is 5.11. The first-order valence-electron chi connectivity index (χ1n) is 7.78. The van der Waals surface area contributed by atoms with Crippen LogP contribution in [0.1, 0.15) is 39.7 Å². The highest BCUT2D eigenvalue weighted by Gasteiger charge is 2.45. The molecule has 0 spiro atoms. The maximum atomic E-state index is 6.16. The molecule has 0 radical (unpaired) electrons. The fourth-order valence-electron chi connectivity index (χ4n) is 3.56. The Labute approximate surface area is 127 Å². The fourth-order valence-corrected chi connectivity index (χ4v) is 3.56. The summed E-state index contributed by atoms with van der Waals surface area (Å²) in [5, 5.41) is 6.35. The monoisotopic (exact) mass is 283 g/mol. The van der Waals surface area contributed by atoms with Gasteiger partial charge in [-0.2, -0.15) is 0 Å². The van der Waals surface area contributed by atoms with Crippen molar-refractivity contribution in [2.45, 2.75) is 57.9 Å². The molecule has 1 heterocycles. The molecule has 112 valence electrons. The van der Waals surface area contributed by atoms with Gasteiger partial charge >= 0.3 is 0 Å². The normalized spacial score (nSPS) is 23.5. The highest BCUT2D eigenvalue weighted by atomic mass is 16.5. The molecule has 2 heteroatoms. The molecule has 1 aliphatic rings. The van der Waals surface area contributed by atoms with E-state index in [2.05, 4.69) is 75.5 Å². The van der Waals surface area contributed by atoms with Crippen LogP contribution in [0.15, 0.2) is 42.5 Å². The Morgan fingerprint density at radius 1 is 1.05 bits per heavy atom. The summed E-state index contributed by atoms with van der Waals surface area (Å²) in [7, 11) is 0. The van der Waals surface area contributed by atoms with E-state index in [1.54, 1.807) is 0 Å². The first-order chi connectivity index (χ1) is 9.87. The summed E-state index contributed by atoms with van der Waals surface area (Å²) in [6.45, 7) is 9.60. The van der Waals surface area contributed by atoms with Gasteiger partial charge in [0.05, 0.1) is 11.2 Å². The van der Waals surface area contributed by atoms with Crippen LogP contribution in [-0.4, -0.2) is 17.2 Å². The number of hydrogen-bond acceptors (Lipinski definition) is 2. The average Bonchev–Trinajstić information content (AvgIpc) is 2.63. The number of hydrogen-bond donors (Lipinski definition) is 1. The first-order valence-corrected chi connectivity index (χ1v) is 7.78. The van der Waals surface area contributed by atoms with E-state index in [9.17, 15) is 0 Å². The van der Waals surface area contributed by atoms with Crippen LogP contribution in [-0.2, 0) is 11.3 Å². The van der Waals surface area contributed by atoms with Crippen molar-refractivity contribution in [1.29, 1.82) is 0 Å². The van der Waals surface area contributed by atoms with Crippen molar-refractivity contribution in [3.05, 3.63) is 48.0 Å². The zero-order valence-corrected chi connectivity index (χ0v) is 13.4. The lowest BCUT2D eigenvalue weighted by molar-refractivity contribution is -0.0699. The third-order valence-corrected chi connectivity index (χ3v) is 4.49. The predicted octanol–water partition coefficient (Wildman–Crippen LogP) is 4.28. The maximum Gasteiger partial charge on any atom is 0.0787 e. The van der Waals surface area contributed by atoms with Crippen LogP contribution in [0.2, 0.25) is 0 Å². The van der Waals surface area contributed by atoms with Gasteiger partial charge in [-0.15, -0.1) is 0 Å². The standard InChI is InChI=1S/C19H25NO/c1-18(2)12-17(19(3,4)21-18)20-13-15-10-7-9-14-8-5-6-11-16(14)15/h5-11,17,20H,12-13H2,1-4H3. The molecule has 2 nitrogen and oxygen atoms in total. The molecule has 0 bridgehead atoms. The van der Waals surface area contributed by atoms with Crippen molar-refractivity contribution in [3.63, 3.8) is 0 Å². The Kier molecular flexibility index (Phi) is 3.54. The smallest absolute Gasteiger partial charge is 0.0787 e. The molecule has 21 heavy (non-hydrogen) atoms. The quantitative estimate of drug-likeness (QED) is 0.908. The van der Waals surface area contributed by atoms with Crippen LogP contribution in [0.5, 0.6) is 0 Å². The number of ether oxygens (including phenoxy) is 1. The van der Waals surface area contributed by atoms with Crippen molar-refractivity contribution in [1.82, 2.24) is 5.32 Å². The molecular weight excluding hydrogens is 258 g/mol. The van der Waals surface area contributed by atoms with Gasteiger partial charge in [0.25, 0.3) is 0 Å². The highest BCUT2D eigenvalue weighted by molar-refractivity contribution is 5.85. The van der Waals surface area contributed by atoms with E-state index in [1.165, 1.54) is 16.3 Å². The Morgan fingerprint density at radius 2 is 1.76 bits per heavy atom. The molecule has 2 aromatic rings. The number of benzene rings is 2. The average molecular weight is 283 g/mol. The molecule has 1 fully saturated rings. The van der Waals surface area contributed by atoms with E-state index in [0.717, 1.165) is 13.0 Å².